The maximum Gasteiger partial charge on any atom is 0.224 e. The van der Waals surface area contributed by atoms with Crippen molar-refractivity contribution in [2.24, 2.45) is 0 Å². The van der Waals surface area contributed by atoms with Crippen molar-refractivity contribution in [1.29, 1.82) is 0 Å². The van der Waals surface area contributed by atoms with Gasteiger partial charge in [-0.3, -0.25) is 9.78 Å². The Bertz CT molecular complexity index is 511. The van der Waals surface area contributed by atoms with Crippen LogP contribution in [0, 0.1) is 0 Å². The molecule has 1 aromatic heterocycles. The summed E-state index contributed by atoms with van der Waals surface area (Å²) in [5.74, 6) is 0.00548. The second-order valence-corrected chi connectivity index (χ2v) is 4.86. The molecule has 1 N–H and O–H groups in total. The molecule has 0 aliphatic heterocycles. The van der Waals surface area contributed by atoms with Crippen LogP contribution >= 0.6 is 15.9 Å². The Morgan fingerprint density at radius 2 is 1.94 bits per heavy atom. The number of hydrogen-bond acceptors (Lipinski definition) is 2. The average molecular weight is 305 g/mol. The quantitative estimate of drug-likeness (QED) is 0.943. The number of rotatable bonds is 4. The number of aromatic nitrogens is 1. The summed E-state index contributed by atoms with van der Waals surface area (Å²) >= 11 is 3.38. The Labute approximate surface area is 114 Å². The summed E-state index contributed by atoms with van der Waals surface area (Å²) in [4.78, 5) is 15.7. The molecule has 0 aliphatic carbocycles. The number of nitrogens with zero attached hydrogens (tertiary/aromatic N) is 1. The number of pyridine rings is 1. The Balaban J connectivity index is 1.83. The molecule has 92 valence electrons. The molecule has 0 bridgehead atoms. The summed E-state index contributed by atoms with van der Waals surface area (Å²) in [5.41, 5.74) is 2.00. The molecule has 0 aliphatic rings. The van der Waals surface area contributed by atoms with Crippen LogP contribution in [0.1, 0.15) is 11.1 Å². The minimum atomic E-state index is 0.00548. The molecular weight excluding hydrogens is 292 g/mol. The monoisotopic (exact) mass is 304 g/mol. The minimum absolute atomic E-state index is 0.00548. The smallest absolute Gasteiger partial charge is 0.224 e. The van der Waals surface area contributed by atoms with E-state index in [-0.39, 0.29) is 5.91 Å². The highest BCUT2D eigenvalue weighted by molar-refractivity contribution is 9.10. The first-order valence-electron chi connectivity index (χ1n) is 5.64. The highest BCUT2D eigenvalue weighted by atomic mass is 79.9. The second-order valence-electron chi connectivity index (χ2n) is 3.94. The number of carbonyl (C=O) groups is 1. The van der Waals surface area contributed by atoms with Crippen molar-refractivity contribution < 1.29 is 4.79 Å². The van der Waals surface area contributed by atoms with Crippen LogP contribution in [0.4, 0.5) is 0 Å². The summed E-state index contributed by atoms with van der Waals surface area (Å²) in [5, 5.41) is 2.88. The molecule has 1 aromatic carbocycles. The number of nitrogens with one attached hydrogen (secondary N) is 1. The van der Waals surface area contributed by atoms with Crippen molar-refractivity contribution in [2.45, 2.75) is 13.0 Å². The van der Waals surface area contributed by atoms with Crippen molar-refractivity contribution in [2.75, 3.05) is 0 Å². The first-order chi connectivity index (χ1) is 8.74. The lowest BCUT2D eigenvalue weighted by Crippen LogP contribution is -2.24. The van der Waals surface area contributed by atoms with Crippen LogP contribution in [0.25, 0.3) is 0 Å². The predicted molar refractivity (Wildman–Crippen MR) is 73.9 cm³/mol. The molecule has 2 rings (SSSR count). The van der Waals surface area contributed by atoms with Crippen molar-refractivity contribution in [3.8, 4) is 0 Å². The maximum atomic E-state index is 11.7. The summed E-state index contributed by atoms with van der Waals surface area (Å²) in [6.45, 7) is 0.548. The molecule has 0 radical (unpaired) electrons. The Morgan fingerprint density at radius 3 is 2.61 bits per heavy atom. The van der Waals surface area contributed by atoms with Crippen LogP contribution in [0.2, 0.25) is 0 Å². The largest absolute Gasteiger partial charge is 0.352 e. The summed E-state index contributed by atoms with van der Waals surface area (Å²) < 4.78 is 1.04. The van der Waals surface area contributed by atoms with Gasteiger partial charge in [-0.25, -0.2) is 0 Å². The van der Waals surface area contributed by atoms with Crippen molar-refractivity contribution in [3.05, 3.63) is 64.4 Å². The lowest BCUT2D eigenvalue weighted by molar-refractivity contribution is -0.120. The third-order valence-corrected chi connectivity index (χ3v) is 3.02. The van der Waals surface area contributed by atoms with Gasteiger partial charge in [0.05, 0.1) is 6.42 Å². The van der Waals surface area contributed by atoms with Crippen LogP contribution in [0.5, 0.6) is 0 Å². The second kappa shape index (κ2) is 6.31. The molecule has 1 heterocycles. The van der Waals surface area contributed by atoms with Gasteiger partial charge in [0.1, 0.15) is 0 Å². The van der Waals surface area contributed by atoms with Crippen molar-refractivity contribution in [3.63, 3.8) is 0 Å². The van der Waals surface area contributed by atoms with Gasteiger partial charge in [-0.15, -0.1) is 0 Å². The highest BCUT2D eigenvalue weighted by Gasteiger charge is 2.03. The molecule has 1 amide bonds. The Morgan fingerprint density at radius 1 is 1.17 bits per heavy atom. The number of hydrogen-bond donors (Lipinski definition) is 1. The number of carbonyl (C=O) groups excluding carboxylic acids is 1. The highest BCUT2D eigenvalue weighted by Crippen LogP contribution is 2.10. The fraction of sp³-hybridized carbons (Fsp3) is 0.143. The van der Waals surface area contributed by atoms with Gasteiger partial charge in [-0.05, 0) is 29.3 Å². The molecule has 0 unspecified atom stereocenters. The first-order valence-corrected chi connectivity index (χ1v) is 6.43. The fourth-order valence-corrected chi connectivity index (χ4v) is 1.82. The molecule has 0 spiro atoms. The van der Waals surface area contributed by atoms with Gasteiger partial charge >= 0.3 is 0 Å². The molecule has 3 nitrogen and oxygen atoms in total. The zero-order chi connectivity index (χ0) is 12.8. The molecule has 0 saturated heterocycles. The zero-order valence-electron chi connectivity index (χ0n) is 9.77. The van der Waals surface area contributed by atoms with Gasteiger partial charge in [0, 0.05) is 23.4 Å². The van der Waals surface area contributed by atoms with E-state index in [1.165, 1.54) is 0 Å². The predicted octanol–water partition coefficient (Wildman–Crippen LogP) is 2.70. The SMILES string of the molecule is O=C(Cc1cccnc1)NCc1ccc(Br)cc1. The molecule has 4 heteroatoms. The molecule has 18 heavy (non-hydrogen) atoms. The first kappa shape index (κ1) is 12.8. The van der Waals surface area contributed by atoms with E-state index >= 15 is 0 Å². The van der Waals surface area contributed by atoms with E-state index in [0.29, 0.717) is 13.0 Å². The van der Waals surface area contributed by atoms with Crippen LogP contribution in [0.3, 0.4) is 0 Å². The number of amides is 1. The van der Waals surface area contributed by atoms with Gasteiger partial charge in [-0.2, -0.15) is 0 Å². The van der Waals surface area contributed by atoms with Crippen LogP contribution in [-0.2, 0) is 17.8 Å². The van der Waals surface area contributed by atoms with Crippen molar-refractivity contribution in [1.82, 2.24) is 10.3 Å². The average Bonchev–Trinajstić information content (AvgIpc) is 2.39. The Hall–Kier alpha value is -1.68. The number of benzene rings is 1. The van der Waals surface area contributed by atoms with Gasteiger partial charge in [0.25, 0.3) is 0 Å². The third kappa shape index (κ3) is 3.96. The van der Waals surface area contributed by atoms with Gasteiger partial charge in [0.2, 0.25) is 5.91 Å². The molecule has 0 atom stereocenters. The molecular formula is C14H13BrN2O. The topological polar surface area (TPSA) is 42.0 Å². The van der Waals surface area contributed by atoms with Gasteiger partial charge < -0.3 is 5.32 Å². The zero-order valence-corrected chi connectivity index (χ0v) is 11.4. The number of halogens is 1. The molecule has 0 fully saturated rings. The minimum Gasteiger partial charge on any atom is -0.352 e. The van der Waals surface area contributed by atoms with E-state index in [1.54, 1.807) is 12.4 Å². The molecule has 0 saturated carbocycles. The Kier molecular flexibility index (Phi) is 4.47. The normalized spacial score (nSPS) is 10.1. The van der Waals surface area contributed by atoms with Crippen molar-refractivity contribution >= 4 is 21.8 Å². The van der Waals surface area contributed by atoms with Crippen LogP contribution in [0.15, 0.2) is 53.3 Å². The van der Waals surface area contributed by atoms with Crippen LogP contribution < -0.4 is 5.32 Å². The third-order valence-electron chi connectivity index (χ3n) is 2.49. The summed E-state index contributed by atoms with van der Waals surface area (Å²) in [7, 11) is 0. The molecule has 2 aromatic rings. The fourth-order valence-electron chi connectivity index (χ4n) is 1.55. The summed E-state index contributed by atoms with van der Waals surface area (Å²) in [6.07, 6.45) is 3.77. The van der Waals surface area contributed by atoms with E-state index < -0.39 is 0 Å². The van der Waals surface area contributed by atoms with Crippen LogP contribution in [-0.4, -0.2) is 10.9 Å². The van der Waals surface area contributed by atoms with Gasteiger partial charge in [-0.1, -0.05) is 34.1 Å². The van der Waals surface area contributed by atoms with E-state index in [9.17, 15) is 4.79 Å². The lowest BCUT2D eigenvalue weighted by Gasteiger charge is -2.05. The van der Waals surface area contributed by atoms with E-state index in [4.69, 9.17) is 0 Å². The maximum absolute atomic E-state index is 11.7. The van der Waals surface area contributed by atoms with E-state index in [1.807, 2.05) is 36.4 Å². The summed E-state index contributed by atoms with van der Waals surface area (Å²) in [6, 6.07) is 11.6. The standard InChI is InChI=1S/C14H13BrN2O/c15-13-5-3-11(4-6-13)10-17-14(18)8-12-2-1-7-16-9-12/h1-7,9H,8,10H2,(H,17,18). The van der Waals surface area contributed by atoms with Gasteiger partial charge in [0.15, 0.2) is 0 Å². The van der Waals surface area contributed by atoms with E-state index in [0.717, 1.165) is 15.6 Å². The lowest BCUT2D eigenvalue weighted by atomic mass is 10.2. The van der Waals surface area contributed by atoms with E-state index in [2.05, 4.69) is 26.2 Å².